The topological polar surface area (TPSA) is 21.1 Å². The van der Waals surface area contributed by atoms with Gasteiger partial charge in [0.05, 0.1) is 17.7 Å². The largest absolute Gasteiger partial charge is 0.329 e. The quantitative estimate of drug-likeness (QED) is 0.675. The Morgan fingerprint density at radius 2 is 1.36 bits per heavy atom. The normalized spacial score (nSPS) is 15.4. The summed E-state index contributed by atoms with van der Waals surface area (Å²) in [7, 11) is 0. The van der Waals surface area contributed by atoms with E-state index in [0.29, 0.717) is 0 Å². The van der Waals surface area contributed by atoms with Gasteiger partial charge in [0, 0.05) is 24.2 Å². The summed E-state index contributed by atoms with van der Waals surface area (Å²) in [6.45, 7) is 4.57. The third-order valence-corrected chi connectivity index (χ3v) is 5.04. The molecule has 0 spiro atoms. The van der Waals surface area contributed by atoms with Gasteiger partial charge in [0.2, 0.25) is 0 Å². The standard InChI is InChI=1S/C22H25N3/c1-4-10-19(11-5-1)21-22(20-12-6-2-7-13-20)25(18-23-21)17-16-24-14-8-3-9-15-24/h1-2,4-7,10-13,18H,3,8-9,14-17H2. The molecule has 1 aliphatic rings. The van der Waals surface area contributed by atoms with Crippen molar-refractivity contribution in [2.24, 2.45) is 0 Å². The Morgan fingerprint density at radius 1 is 0.720 bits per heavy atom. The first-order valence-corrected chi connectivity index (χ1v) is 9.30. The van der Waals surface area contributed by atoms with Gasteiger partial charge in [0.1, 0.15) is 0 Å². The smallest absolute Gasteiger partial charge is 0.0963 e. The van der Waals surface area contributed by atoms with Crippen molar-refractivity contribution in [2.75, 3.05) is 19.6 Å². The number of aromatic nitrogens is 2. The third kappa shape index (κ3) is 3.67. The van der Waals surface area contributed by atoms with E-state index in [2.05, 4.69) is 70.1 Å². The summed E-state index contributed by atoms with van der Waals surface area (Å²) in [6, 6.07) is 21.1. The van der Waals surface area contributed by atoms with Crippen LogP contribution in [0.1, 0.15) is 19.3 Å². The van der Waals surface area contributed by atoms with Crippen molar-refractivity contribution in [1.29, 1.82) is 0 Å². The van der Waals surface area contributed by atoms with Crippen molar-refractivity contribution in [2.45, 2.75) is 25.8 Å². The molecule has 3 nitrogen and oxygen atoms in total. The van der Waals surface area contributed by atoms with E-state index in [1.165, 1.54) is 49.2 Å². The van der Waals surface area contributed by atoms with Gasteiger partial charge < -0.3 is 9.47 Å². The molecule has 4 rings (SSSR count). The predicted molar refractivity (Wildman–Crippen MR) is 103 cm³/mol. The van der Waals surface area contributed by atoms with Gasteiger partial charge in [-0.1, -0.05) is 67.1 Å². The molecule has 1 saturated heterocycles. The lowest BCUT2D eigenvalue weighted by Gasteiger charge is -2.26. The first kappa shape index (κ1) is 16.1. The van der Waals surface area contributed by atoms with E-state index in [9.17, 15) is 0 Å². The maximum atomic E-state index is 4.77. The van der Waals surface area contributed by atoms with Gasteiger partial charge in [-0.25, -0.2) is 4.98 Å². The number of nitrogens with zero attached hydrogens (tertiary/aromatic N) is 3. The molecule has 0 bridgehead atoms. The molecule has 1 aliphatic heterocycles. The van der Waals surface area contributed by atoms with E-state index in [-0.39, 0.29) is 0 Å². The molecule has 0 aliphatic carbocycles. The Kier molecular flexibility index (Phi) is 4.93. The average molecular weight is 331 g/mol. The number of hydrogen-bond donors (Lipinski definition) is 0. The predicted octanol–water partition coefficient (Wildman–Crippen LogP) is 4.70. The van der Waals surface area contributed by atoms with Crippen LogP contribution in [0.3, 0.4) is 0 Å². The lowest BCUT2D eigenvalue weighted by Crippen LogP contribution is -2.32. The Labute approximate surface area is 149 Å². The van der Waals surface area contributed by atoms with Crippen molar-refractivity contribution in [3.63, 3.8) is 0 Å². The van der Waals surface area contributed by atoms with Crippen LogP contribution in [-0.2, 0) is 6.54 Å². The van der Waals surface area contributed by atoms with Gasteiger partial charge in [0.15, 0.2) is 0 Å². The monoisotopic (exact) mass is 331 g/mol. The lowest BCUT2D eigenvalue weighted by atomic mass is 10.0. The summed E-state index contributed by atoms with van der Waals surface area (Å²) in [5, 5.41) is 0. The summed E-state index contributed by atoms with van der Waals surface area (Å²) < 4.78 is 2.33. The molecule has 1 fully saturated rings. The van der Waals surface area contributed by atoms with E-state index < -0.39 is 0 Å². The van der Waals surface area contributed by atoms with Crippen LogP contribution in [0.2, 0.25) is 0 Å². The minimum atomic E-state index is 0.990. The van der Waals surface area contributed by atoms with Crippen molar-refractivity contribution >= 4 is 0 Å². The summed E-state index contributed by atoms with van der Waals surface area (Å²) in [5.41, 5.74) is 4.71. The Morgan fingerprint density at radius 3 is 2.04 bits per heavy atom. The molecule has 0 amide bonds. The van der Waals surface area contributed by atoms with E-state index in [0.717, 1.165) is 18.8 Å². The number of benzene rings is 2. The zero-order valence-electron chi connectivity index (χ0n) is 14.6. The molecule has 0 atom stereocenters. The highest BCUT2D eigenvalue weighted by Gasteiger charge is 2.16. The first-order chi connectivity index (χ1) is 12.4. The van der Waals surface area contributed by atoms with Crippen LogP contribution in [0.15, 0.2) is 67.0 Å². The molecule has 3 aromatic rings. The highest BCUT2D eigenvalue weighted by molar-refractivity contribution is 5.78. The van der Waals surface area contributed by atoms with Gasteiger partial charge in [-0.15, -0.1) is 0 Å². The van der Waals surface area contributed by atoms with Gasteiger partial charge in [-0.2, -0.15) is 0 Å². The SMILES string of the molecule is c1ccc(-c2ncn(CCN3CCCCC3)c2-c2ccccc2)cc1. The van der Waals surface area contributed by atoms with Crippen molar-refractivity contribution < 1.29 is 0 Å². The minimum Gasteiger partial charge on any atom is -0.329 e. The van der Waals surface area contributed by atoms with Crippen molar-refractivity contribution in [3.05, 3.63) is 67.0 Å². The molecule has 0 unspecified atom stereocenters. The van der Waals surface area contributed by atoms with Crippen LogP contribution in [0, 0.1) is 0 Å². The van der Waals surface area contributed by atoms with Crippen molar-refractivity contribution in [3.8, 4) is 22.5 Å². The molecular weight excluding hydrogens is 306 g/mol. The average Bonchev–Trinajstić information content (AvgIpc) is 3.12. The van der Waals surface area contributed by atoms with Crippen LogP contribution >= 0.6 is 0 Å². The fourth-order valence-electron chi connectivity index (χ4n) is 3.69. The maximum Gasteiger partial charge on any atom is 0.0963 e. The van der Waals surface area contributed by atoms with Crippen LogP contribution in [0.25, 0.3) is 22.5 Å². The molecule has 0 saturated carbocycles. The molecule has 1 aromatic heterocycles. The highest BCUT2D eigenvalue weighted by Crippen LogP contribution is 2.31. The minimum absolute atomic E-state index is 0.990. The summed E-state index contributed by atoms with van der Waals surface area (Å²) >= 11 is 0. The number of hydrogen-bond acceptors (Lipinski definition) is 2. The second-order valence-electron chi connectivity index (χ2n) is 6.77. The fraction of sp³-hybridized carbons (Fsp3) is 0.318. The van der Waals surface area contributed by atoms with Gasteiger partial charge >= 0.3 is 0 Å². The summed E-state index contributed by atoms with van der Waals surface area (Å²) in [5.74, 6) is 0. The van der Waals surface area contributed by atoms with Crippen LogP contribution in [-0.4, -0.2) is 34.1 Å². The zero-order chi connectivity index (χ0) is 16.9. The van der Waals surface area contributed by atoms with Gasteiger partial charge in [-0.05, 0) is 25.9 Å². The first-order valence-electron chi connectivity index (χ1n) is 9.30. The second-order valence-corrected chi connectivity index (χ2v) is 6.77. The Bertz CT molecular complexity index is 787. The van der Waals surface area contributed by atoms with Gasteiger partial charge in [0.25, 0.3) is 0 Å². The van der Waals surface area contributed by atoms with Crippen LogP contribution < -0.4 is 0 Å². The van der Waals surface area contributed by atoms with Crippen LogP contribution in [0.4, 0.5) is 0 Å². The second kappa shape index (κ2) is 7.66. The number of likely N-dealkylation sites (tertiary alicyclic amines) is 1. The number of piperidine rings is 1. The fourth-order valence-corrected chi connectivity index (χ4v) is 3.69. The molecule has 0 N–H and O–H groups in total. The van der Waals surface area contributed by atoms with Gasteiger partial charge in [-0.3, -0.25) is 0 Å². The summed E-state index contributed by atoms with van der Waals surface area (Å²) in [6.07, 6.45) is 6.07. The number of imidazole rings is 1. The molecular formula is C22H25N3. The molecule has 128 valence electrons. The molecule has 2 heterocycles. The molecule has 3 heteroatoms. The van der Waals surface area contributed by atoms with Crippen molar-refractivity contribution in [1.82, 2.24) is 14.5 Å². The molecule has 0 radical (unpaired) electrons. The highest BCUT2D eigenvalue weighted by atomic mass is 15.2. The Hall–Kier alpha value is -2.39. The lowest BCUT2D eigenvalue weighted by molar-refractivity contribution is 0.221. The van der Waals surface area contributed by atoms with Crippen LogP contribution in [0.5, 0.6) is 0 Å². The van der Waals surface area contributed by atoms with E-state index in [1.807, 2.05) is 6.33 Å². The molecule has 2 aromatic carbocycles. The van der Waals surface area contributed by atoms with E-state index in [4.69, 9.17) is 4.98 Å². The molecule has 25 heavy (non-hydrogen) atoms. The third-order valence-electron chi connectivity index (χ3n) is 5.04. The zero-order valence-corrected chi connectivity index (χ0v) is 14.6. The van der Waals surface area contributed by atoms with E-state index >= 15 is 0 Å². The maximum absolute atomic E-state index is 4.77. The Balaban J connectivity index is 1.65. The summed E-state index contributed by atoms with van der Waals surface area (Å²) in [4.78, 5) is 7.35. The van der Waals surface area contributed by atoms with E-state index in [1.54, 1.807) is 0 Å². The number of rotatable bonds is 5.